The Morgan fingerprint density at radius 3 is 1.33 bits per heavy atom. The van der Waals surface area contributed by atoms with Gasteiger partial charge in [0.05, 0.1) is 44.9 Å². The van der Waals surface area contributed by atoms with E-state index in [1.54, 1.807) is 37.2 Å². The molecule has 0 aromatic carbocycles. The van der Waals surface area contributed by atoms with Crippen molar-refractivity contribution in [2.75, 3.05) is 14.1 Å². The van der Waals surface area contributed by atoms with Gasteiger partial charge in [-0.3, -0.25) is 4.79 Å². The Morgan fingerprint density at radius 1 is 0.639 bits per heavy atom. The van der Waals surface area contributed by atoms with Crippen molar-refractivity contribution >= 4 is 50.5 Å². The number of rotatable bonds is 6. The first-order chi connectivity index (χ1) is 17.6. The van der Waals surface area contributed by atoms with Crippen molar-refractivity contribution in [1.82, 2.24) is 9.80 Å². The van der Waals surface area contributed by atoms with Crippen LogP contribution in [-0.2, 0) is 4.79 Å². The molecule has 6 heterocycles. The maximum atomic E-state index is 13.3. The largest absolute Gasteiger partial charge is 0.464 e. The molecule has 180 valence electrons. The van der Waals surface area contributed by atoms with Crippen LogP contribution in [0, 0.1) is 0 Å². The third-order valence-corrected chi connectivity index (χ3v) is 8.10. The molecule has 0 aliphatic carbocycles. The molecule has 0 atom stereocenters. The highest BCUT2D eigenvalue weighted by Crippen LogP contribution is 2.51. The lowest BCUT2D eigenvalue weighted by molar-refractivity contribution is -0.110. The molecule has 0 bridgehead atoms. The molecule has 0 saturated carbocycles. The van der Waals surface area contributed by atoms with E-state index in [2.05, 4.69) is 0 Å². The molecule has 6 rings (SSSR count). The first kappa shape index (κ1) is 22.5. The smallest absolute Gasteiger partial charge is 0.183 e. The van der Waals surface area contributed by atoms with Crippen LogP contribution < -0.4 is 0 Å². The lowest BCUT2D eigenvalue weighted by atomic mass is 10.2. The molecule has 36 heavy (non-hydrogen) atoms. The molecule has 9 heteroatoms. The van der Waals surface area contributed by atoms with E-state index in [4.69, 9.17) is 17.7 Å². The van der Waals surface area contributed by atoms with Crippen molar-refractivity contribution in [3.63, 3.8) is 0 Å². The van der Waals surface area contributed by atoms with Crippen LogP contribution in [-0.4, -0.2) is 29.7 Å². The zero-order valence-electron chi connectivity index (χ0n) is 19.3. The minimum atomic E-state index is -0.141. The summed E-state index contributed by atoms with van der Waals surface area (Å²) in [6.07, 6.45) is 9.78. The summed E-state index contributed by atoms with van der Waals surface area (Å²) >= 11 is 2.94. The number of ketones is 1. The van der Waals surface area contributed by atoms with Gasteiger partial charge in [0.1, 0.15) is 22.9 Å². The van der Waals surface area contributed by atoms with Crippen LogP contribution in [0.4, 0.5) is 0 Å². The second-order valence-corrected chi connectivity index (χ2v) is 10.0. The van der Waals surface area contributed by atoms with Crippen molar-refractivity contribution in [3.05, 3.63) is 119 Å². The first-order valence-electron chi connectivity index (χ1n) is 11.0. The normalized spacial score (nSPS) is 18.5. The zero-order chi connectivity index (χ0) is 24.6. The van der Waals surface area contributed by atoms with Gasteiger partial charge in [-0.25, -0.2) is 0 Å². The predicted molar refractivity (Wildman–Crippen MR) is 140 cm³/mol. The average Bonchev–Trinajstić information content (AvgIpc) is 3.68. The summed E-state index contributed by atoms with van der Waals surface area (Å²) in [6.45, 7) is 0. The number of carbonyl (C=O) groups is 1. The van der Waals surface area contributed by atoms with Crippen molar-refractivity contribution < 1.29 is 22.5 Å². The fourth-order valence-corrected chi connectivity index (χ4v) is 6.36. The Bertz CT molecular complexity index is 1390. The number of carbonyl (C=O) groups excluding carboxylic acids is 1. The molecule has 0 unspecified atom stereocenters. The number of furan rings is 4. The molecule has 0 fully saturated rings. The Morgan fingerprint density at radius 2 is 1.00 bits per heavy atom. The van der Waals surface area contributed by atoms with E-state index >= 15 is 0 Å². The van der Waals surface area contributed by atoms with Crippen LogP contribution in [0.3, 0.4) is 0 Å². The first-order valence-corrected chi connectivity index (χ1v) is 12.7. The highest BCUT2D eigenvalue weighted by molar-refractivity contribution is 8.12. The number of nitrogens with zero attached hydrogens (tertiary/aromatic N) is 2. The van der Waals surface area contributed by atoms with Crippen LogP contribution in [0.25, 0.3) is 21.2 Å². The third kappa shape index (κ3) is 3.96. The van der Waals surface area contributed by atoms with Gasteiger partial charge in [-0.2, -0.15) is 0 Å². The van der Waals surface area contributed by atoms with Crippen molar-refractivity contribution in [3.8, 4) is 0 Å². The average molecular weight is 517 g/mol. The maximum absolute atomic E-state index is 13.3. The minimum absolute atomic E-state index is 0.141. The molecule has 0 spiro atoms. The summed E-state index contributed by atoms with van der Waals surface area (Å²) in [5, 5.41) is 1.54. The van der Waals surface area contributed by atoms with Crippen LogP contribution in [0.15, 0.2) is 113 Å². The molecule has 4 aromatic heterocycles. The van der Waals surface area contributed by atoms with Crippen LogP contribution in [0.5, 0.6) is 0 Å². The summed E-state index contributed by atoms with van der Waals surface area (Å²) in [4.78, 5) is 18.9. The SMILES string of the molecule is CN1C(=CC(=O)C=C2SC(c3ccco3)=C(c3ccco3)N2C)SC(c2ccco2)=C1c1ccco1. The van der Waals surface area contributed by atoms with Crippen molar-refractivity contribution in [2.24, 2.45) is 0 Å². The molecule has 7 nitrogen and oxygen atoms in total. The number of hydrogen-bond donors (Lipinski definition) is 0. The van der Waals surface area contributed by atoms with E-state index < -0.39 is 0 Å². The topological polar surface area (TPSA) is 76.1 Å². The molecule has 4 aromatic rings. The van der Waals surface area contributed by atoms with E-state index in [-0.39, 0.29) is 5.78 Å². The van der Waals surface area contributed by atoms with Gasteiger partial charge in [-0.05, 0) is 48.5 Å². The molecular weight excluding hydrogens is 496 g/mol. The van der Waals surface area contributed by atoms with Gasteiger partial charge in [0, 0.05) is 26.2 Å². The Hall–Kier alpha value is -3.95. The van der Waals surface area contributed by atoms with E-state index in [0.29, 0.717) is 23.0 Å². The van der Waals surface area contributed by atoms with Crippen LogP contribution >= 0.6 is 23.5 Å². The second kappa shape index (κ2) is 9.25. The Labute approximate surface area is 215 Å². The number of hydrogen-bond acceptors (Lipinski definition) is 9. The number of thioether (sulfide) groups is 2. The third-order valence-electron chi connectivity index (χ3n) is 5.71. The van der Waals surface area contributed by atoms with Gasteiger partial charge in [0.15, 0.2) is 17.3 Å². The van der Waals surface area contributed by atoms with Gasteiger partial charge in [-0.15, -0.1) is 0 Å². The predicted octanol–water partition coefficient (Wildman–Crippen LogP) is 7.02. The molecule has 0 saturated heterocycles. The Kier molecular flexibility index (Phi) is 5.79. The van der Waals surface area contributed by atoms with E-state index in [1.807, 2.05) is 72.4 Å². The Balaban J connectivity index is 1.30. The van der Waals surface area contributed by atoms with E-state index in [0.717, 1.165) is 31.3 Å². The summed E-state index contributed by atoms with van der Waals surface area (Å²) in [5.41, 5.74) is 1.70. The van der Waals surface area contributed by atoms with Gasteiger partial charge in [0.25, 0.3) is 0 Å². The summed E-state index contributed by atoms with van der Waals surface area (Å²) in [5.74, 6) is 2.69. The quantitative estimate of drug-likeness (QED) is 0.251. The zero-order valence-corrected chi connectivity index (χ0v) is 21.0. The highest BCUT2D eigenvalue weighted by atomic mass is 32.2. The minimum Gasteiger partial charge on any atom is -0.464 e. The van der Waals surface area contributed by atoms with E-state index in [1.165, 1.54) is 23.5 Å². The van der Waals surface area contributed by atoms with Gasteiger partial charge in [0.2, 0.25) is 0 Å². The maximum Gasteiger partial charge on any atom is 0.183 e. The molecule has 0 amide bonds. The molecular formula is C27H20N2O5S2. The standard InChI is InChI=1S/C27H20N2O5S2/c1-28-22(35-26(20-9-5-13-33-20)24(28)18-7-3-11-31-18)15-17(30)16-23-29(2)25(19-8-4-12-32-19)27(36-23)21-10-6-14-34-21/h3-16H,1-2H3. The number of allylic oxidation sites excluding steroid dienone is 2. The second-order valence-electron chi connectivity index (χ2n) is 7.95. The highest BCUT2D eigenvalue weighted by Gasteiger charge is 2.33. The van der Waals surface area contributed by atoms with Crippen molar-refractivity contribution in [2.45, 2.75) is 0 Å². The van der Waals surface area contributed by atoms with Crippen LogP contribution in [0.1, 0.15) is 23.0 Å². The molecule has 2 aliphatic heterocycles. The fourth-order valence-electron chi connectivity index (χ4n) is 4.04. The van der Waals surface area contributed by atoms with E-state index in [9.17, 15) is 4.79 Å². The molecule has 0 N–H and O–H groups in total. The molecule has 0 radical (unpaired) electrons. The van der Waals surface area contributed by atoms with Crippen LogP contribution in [0.2, 0.25) is 0 Å². The summed E-state index contributed by atoms with van der Waals surface area (Å²) < 4.78 is 22.7. The lowest BCUT2D eigenvalue weighted by Gasteiger charge is -2.16. The molecule has 2 aliphatic rings. The summed E-state index contributed by atoms with van der Waals surface area (Å²) in [6, 6.07) is 14.9. The van der Waals surface area contributed by atoms with Gasteiger partial charge >= 0.3 is 0 Å². The monoisotopic (exact) mass is 516 g/mol. The van der Waals surface area contributed by atoms with Gasteiger partial charge in [-0.1, -0.05) is 23.5 Å². The fraction of sp³-hybridized carbons (Fsp3) is 0.0741. The van der Waals surface area contributed by atoms with Crippen molar-refractivity contribution in [1.29, 1.82) is 0 Å². The summed E-state index contributed by atoms with van der Waals surface area (Å²) in [7, 11) is 3.82. The van der Waals surface area contributed by atoms with Gasteiger partial charge < -0.3 is 27.5 Å². The lowest BCUT2D eigenvalue weighted by Crippen LogP contribution is -2.12.